The fraction of sp³-hybridized carbons (Fsp3) is 0.259. The van der Waals surface area contributed by atoms with E-state index in [0.717, 1.165) is 16.7 Å². The molecule has 0 saturated heterocycles. The van der Waals surface area contributed by atoms with Gasteiger partial charge in [-0.1, -0.05) is 24.3 Å². The zero-order valence-electron chi connectivity index (χ0n) is 21.1. The Balaban J connectivity index is 2.09. The largest absolute Gasteiger partial charge is 0.493 e. The molecular weight excluding hydrogens is 549 g/mol. The number of methoxy groups -OCH3 is 2. The highest BCUT2D eigenvalue weighted by Crippen LogP contribution is 2.50. The third-order valence-electron chi connectivity index (χ3n) is 6.38. The molecule has 1 heterocycles. The van der Waals surface area contributed by atoms with Crippen molar-refractivity contribution in [3.05, 3.63) is 93.3 Å². The molecule has 0 aliphatic carbocycles. The molecule has 0 fully saturated rings. The van der Waals surface area contributed by atoms with Gasteiger partial charge < -0.3 is 14.6 Å². The Morgan fingerprint density at radius 3 is 2.10 bits per heavy atom. The van der Waals surface area contributed by atoms with E-state index in [1.165, 1.54) is 51.5 Å². The second-order valence-corrected chi connectivity index (χ2v) is 8.91. The first-order chi connectivity index (χ1) is 18.6. The maximum Gasteiger partial charge on any atom is 0.430 e. The van der Waals surface area contributed by atoms with Crippen LogP contribution in [-0.2, 0) is 12.0 Å². The molecule has 0 unspecified atom stereocenters. The number of hydrogen-bond donors (Lipinski definition) is 1. The molecule has 0 aliphatic heterocycles. The van der Waals surface area contributed by atoms with E-state index in [0.29, 0.717) is 17.7 Å². The number of alkyl halides is 6. The highest BCUT2D eigenvalue weighted by atomic mass is 19.4. The van der Waals surface area contributed by atoms with E-state index in [9.17, 15) is 40.6 Å². The van der Waals surface area contributed by atoms with Crippen molar-refractivity contribution in [1.82, 2.24) is 9.55 Å². The lowest BCUT2D eigenvalue weighted by molar-refractivity contribution is -0.376. The second-order valence-electron chi connectivity index (χ2n) is 8.91. The van der Waals surface area contributed by atoms with Gasteiger partial charge in [-0.05, 0) is 42.3 Å². The Bertz CT molecular complexity index is 1630. The van der Waals surface area contributed by atoms with Crippen molar-refractivity contribution in [1.29, 1.82) is 0 Å². The predicted molar refractivity (Wildman–Crippen MR) is 130 cm³/mol. The van der Waals surface area contributed by atoms with Crippen molar-refractivity contribution < 1.29 is 45.3 Å². The van der Waals surface area contributed by atoms with E-state index in [-0.39, 0.29) is 40.2 Å². The van der Waals surface area contributed by atoms with Crippen LogP contribution in [-0.4, -0.2) is 41.2 Å². The maximum atomic E-state index is 13.9. The van der Waals surface area contributed by atoms with Crippen molar-refractivity contribution in [2.24, 2.45) is 0 Å². The molecule has 0 bridgehead atoms. The molecule has 4 rings (SSSR count). The van der Waals surface area contributed by atoms with Crippen LogP contribution in [0, 0.1) is 12.7 Å². The van der Waals surface area contributed by atoms with Gasteiger partial charge in [-0.2, -0.15) is 26.3 Å². The molecule has 4 aromatic rings. The van der Waals surface area contributed by atoms with Crippen LogP contribution in [0.25, 0.3) is 16.6 Å². The first kappa shape index (κ1) is 28.9. The van der Waals surface area contributed by atoms with E-state index in [2.05, 4.69) is 4.98 Å². The van der Waals surface area contributed by atoms with Crippen molar-refractivity contribution in [2.45, 2.75) is 31.3 Å². The van der Waals surface area contributed by atoms with Crippen LogP contribution in [0.2, 0.25) is 0 Å². The van der Waals surface area contributed by atoms with E-state index in [1.807, 2.05) is 0 Å². The molecule has 212 valence electrons. The first-order valence-electron chi connectivity index (χ1n) is 11.5. The van der Waals surface area contributed by atoms with Gasteiger partial charge in [0.2, 0.25) is 0 Å². The van der Waals surface area contributed by atoms with Gasteiger partial charge in [0, 0.05) is 18.1 Å². The summed E-state index contributed by atoms with van der Waals surface area (Å²) < 4.78 is 107. The quantitative estimate of drug-likeness (QED) is 0.299. The van der Waals surface area contributed by atoms with Gasteiger partial charge in [0.05, 0.1) is 30.8 Å². The Labute approximate surface area is 222 Å². The van der Waals surface area contributed by atoms with Gasteiger partial charge >= 0.3 is 12.4 Å². The third kappa shape index (κ3) is 4.85. The number of fused-ring (bicyclic) bond motifs is 1. The van der Waals surface area contributed by atoms with Crippen molar-refractivity contribution >= 4 is 10.9 Å². The minimum absolute atomic E-state index is 0.0844. The van der Waals surface area contributed by atoms with Gasteiger partial charge in [-0.15, -0.1) is 0 Å². The molecule has 0 radical (unpaired) electrons. The summed E-state index contributed by atoms with van der Waals surface area (Å²) in [7, 11) is 2.65. The normalized spacial score (nSPS) is 12.6. The van der Waals surface area contributed by atoms with Crippen molar-refractivity contribution in [2.75, 3.05) is 14.2 Å². The van der Waals surface area contributed by atoms with E-state index >= 15 is 0 Å². The molecule has 6 nitrogen and oxygen atoms in total. The number of halogens is 7. The van der Waals surface area contributed by atoms with Crippen LogP contribution in [0.15, 0.2) is 59.4 Å². The topological polar surface area (TPSA) is 73.6 Å². The fourth-order valence-electron chi connectivity index (χ4n) is 4.32. The standard InChI is InChI=1S/C27H21F7N2O4/c1-14-7-8-16(25(38,26(29,30)31)27(32,33)34)11-20(14)36-23(10-15-5-4-6-17(28)9-15)35-19-13-22(40-3)21(39-2)12-18(19)24(36)37/h4-9,11-13,38H,10H2,1-3H3. The summed E-state index contributed by atoms with van der Waals surface area (Å²) in [6, 6.07) is 9.71. The molecule has 40 heavy (non-hydrogen) atoms. The Kier molecular flexibility index (Phi) is 7.30. The fourth-order valence-corrected chi connectivity index (χ4v) is 4.32. The number of aryl methyl sites for hydroxylation is 1. The Morgan fingerprint density at radius 2 is 1.52 bits per heavy atom. The summed E-state index contributed by atoms with van der Waals surface area (Å²) in [5.74, 6) is -0.419. The predicted octanol–water partition coefficient (Wildman–Crippen LogP) is 5.75. The lowest BCUT2D eigenvalue weighted by atomic mass is 9.91. The smallest absolute Gasteiger partial charge is 0.430 e. The highest BCUT2D eigenvalue weighted by Gasteiger charge is 2.71. The van der Waals surface area contributed by atoms with Gasteiger partial charge in [-0.3, -0.25) is 9.36 Å². The summed E-state index contributed by atoms with van der Waals surface area (Å²) in [4.78, 5) is 18.3. The van der Waals surface area contributed by atoms with Gasteiger partial charge in [0.1, 0.15) is 11.6 Å². The summed E-state index contributed by atoms with van der Waals surface area (Å²) in [5.41, 5.74) is -7.54. The summed E-state index contributed by atoms with van der Waals surface area (Å²) in [6.45, 7) is 1.36. The Hall–Kier alpha value is -4.13. The molecule has 0 amide bonds. The molecule has 1 aromatic heterocycles. The minimum Gasteiger partial charge on any atom is -0.493 e. The maximum absolute atomic E-state index is 13.9. The lowest BCUT2D eigenvalue weighted by Gasteiger charge is -2.33. The van der Waals surface area contributed by atoms with Gasteiger partial charge in [0.15, 0.2) is 11.5 Å². The molecule has 13 heteroatoms. The first-order valence-corrected chi connectivity index (χ1v) is 11.5. The minimum atomic E-state index is -6.14. The zero-order chi connectivity index (χ0) is 29.6. The van der Waals surface area contributed by atoms with Crippen molar-refractivity contribution in [3.8, 4) is 17.2 Å². The highest BCUT2D eigenvalue weighted by molar-refractivity contribution is 5.82. The molecule has 3 aromatic carbocycles. The molecular formula is C27H21F7N2O4. The van der Waals surface area contributed by atoms with Crippen LogP contribution >= 0.6 is 0 Å². The number of nitrogens with zero attached hydrogens (tertiary/aromatic N) is 2. The number of aromatic nitrogens is 2. The van der Waals surface area contributed by atoms with Crippen LogP contribution in [0.5, 0.6) is 11.5 Å². The van der Waals surface area contributed by atoms with Gasteiger partial charge in [0.25, 0.3) is 11.2 Å². The average Bonchev–Trinajstić information content (AvgIpc) is 2.87. The van der Waals surface area contributed by atoms with E-state index in [4.69, 9.17) is 9.47 Å². The zero-order valence-corrected chi connectivity index (χ0v) is 21.1. The number of aliphatic hydroxyl groups is 1. The molecule has 0 saturated carbocycles. The van der Waals surface area contributed by atoms with E-state index < -0.39 is 40.6 Å². The molecule has 1 N–H and O–H groups in total. The van der Waals surface area contributed by atoms with Crippen LogP contribution in [0.3, 0.4) is 0 Å². The molecule has 0 atom stereocenters. The number of rotatable bonds is 6. The monoisotopic (exact) mass is 570 g/mol. The second kappa shape index (κ2) is 10.1. The molecule has 0 spiro atoms. The molecule has 0 aliphatic rings. The summed E-state index contributed by atoms with van der Waals surface area (Å²) in [6.07, 6.45) is -12.5. The van der Waals surface area contributed by atoms with Crippen LogP contribution in [0.4, 0.5) is 30.7 Å². The van der Waals surface area contributed by atoms with Crippen LogP contribution in [0.1, 0.15) is 22.5 Å². The number of ether oxygens (including phenoxy) is 2. The SMILES string of the molecule is COc1cc2nc(Cc3cccc(F)c3)n(-c3cc(C(O)(C(F)(F)F)C(F)(F)F)ccc3C)c(=O)c2cc1OC. The third-order valence-corrected chi connectivity index (χ3v) is 6.38. The summed E-state index contributed by atoms with van der Waals surface area (Å²) >= 11 is 0. The van der Waals surface area contributed by atoms with E-state index in [1.54, 1.807) is 0 Å². The van der Waals surface area contributed by atoms with Crippen LogP contribution < -0.4 is 15.0 Å². The Morgan fingerprint density at radius 1 is 0.900 bits per heavy atom. The van der Waals surface area contributed by atoms with Gasteiger partial charge in [-0.25, -0.2) is 9.37 Å². The number of benzene rings is 3. The number of hydrogen-bond acceptors (Lipinski definition) is 5. The van der Waals surface area contributed by atoms with Crippen molar-refractivity contribution in [3.63, 3.8) is 0 Å². The average molecular weight is 570 g/mol. The lowest BCUT2D eigenvalue weighted by Crippen LogP contribution is -2.54. The summed E-state index contributed by atoms with van der Waals surface area (Å²) in [5, 5.41) is 9.90.